The highest BCUT2D eigenvalue weighted by Crippen LogP contribution is 1.94. The first-order valence-electron chi connectivity index (χ1n) is 6.68. The smallest absolute Gasteiger partial charge is 0.321 e. The third-order valence-electron chi connectivity index (χ3n) is 2.34. The molecule has 0 atom stereocenters. The van der Waals surface area contributed by atoms with Crippen LogP contribution in [-0.4, -0.2) is 40.0 Å². The standard InChI is InChI=1S/C12H22N6O2/c1-4-14-12(20)15-11(19)8-18-7-10(16-17-18)6-13-5-9(2)3/h7,9,13H,4-6,8H2,1-3H3,(H2,14,15,19,20). The zero-order valence-corrected chi connectivity index (χ0v) is 12.1. The average Bonchev–Trinajstić information content (AvgIpc) is 2.76. The molecule has 0 unspecified atom stereocenters. The van der Waals surface area contributed by atoms with Crippen LogP contribution in [-0.2, 0) is 17.9 Å². The van der Waals surface area contributed by atoms with Gasteiger partial charge in [0.1, 0.15) is 6.54 Å². The maximum Gasteiger partial charge on any atom is 0.321 e. The number of rotatable bonds is 7. The van der Waals surface area contributed by atoms with Crippen LogP contribution in [0.25, 0.3) is 0 Å². The fourth-order valence-electron chi connectivity index (χ4n) is 1.50. The van der Waals surface area contributed by atoms with Crippen LogP contribution in [0.15, 0.2) is 6.20 Å². The molecule has 1 aromatic rings. The topological polar surface area (TPSA) is 101 Å². The molecule has 0 saturated carbocycles. The van der Waals surface area contributed by atoms with E-state index in [1.54, 1.807) is 13.1 Å². The summed E-state index contributed by atoms with van der Waals surface area (Å²) in [5.74, 6) is 0.135. The molecule has 0 spiro atoms. The van der Waals surface area contributed by atoms with Crippen molar-refractivity contribution in [1.29, 1.82) is 0 Å². The van der Waals surface area contributed by atoms with Gasteiger partial charge in [0, 0.05) is 13.1 Å². The van der Waals surface area contributed by atoms with E-state index in [-0.39, 0.29) is 6.54 Å². The number of urea groups is 1. The normalized spacial score (nSPS) is 10.6. The van der Waals surface area contributed by atoms with Crippen molar-refractivity contribution in [3.8, 4) is 0 Å². The van der Waals surface area contributed by atoms with Gasteiger partial charge in [0.25, 0.3) is 0 Å². The van der Waals surface area contributed by atoms with E-state index < -0.39 is 11.9 Å². The SMILES string of the molecule is CCNC(=O)NC(=O)Cn1cc(CNCC(C)C)nn1. The number of nitrogens with one attached hydrogen (secondary N) is 3. The van der Waals surface area contributed by atoms with Gasteiger partial charge >= 0.3 is 6.03 Å². The predicted molar refractivity (Wildman–Crippen MR) is 73.8 cm³/mol. The quantitative estimate of drug-likeness (QED) is 0.646. The summed E-state index contributed by atoms with van der Waals surface area (Å²) in [6.07, 6.45) is 1.69. The first-order valence-corrected chi connectivity index (χ1v) is 6.68. The molecule has 1 heterocycles. The first kappa shape index (κ1) is 16.1. The number of aromatic nitrogens is 3. The van der Waals surface area contributed by atoms with Crippen LogP contribution in [0.5, 0.6) is 0 Å². The van der Waals surface area contributed by atoms with Gasteiger partial charge in [-0.25, -0.2) is 9.48 Å². The van der Waals surface area contributed by atoms with Crippen LogP contribution in [0.3, 0.4) is 0 Å². The van der Waals surface area contributed by atoms with Gasteiger partial charge in [0.05, 0.1) is 11.9 Å². The second-order valence-electron chi connectivity index (χ2n) is 4.84. The second kappa shape index (κ2) is 8.26. The van der Waals surface area contributed by atoms with Crippen molar-refractivity contribution < 1.29 is 9.59 Å². The minimum absolute atomic E-state index is 0.0334. The summed E-state index contributed by atoms with van der Waals surface area (Å²) in [4.78, 5) is 22.7. The van der Waals surface area contributed by atoms with Crippen molar-refractivity contribution >= 4 is 11.9 Å². The average molecular weight is 282 g/mol. The van der Waals surface area contributed by atoms with Crippen LogP contribution in [0.4, 0.5) is 4.79 Å². The Morgan fingerprint density at radius 2 is 2.15 bits per heavy atom. The van der Waals surface area contributed by atoms with Crippen molar-refractivity contribution in [2.45, 2.75) is 33.9 Å². The van der Waals surface area contributed by atoms with Gasteiger partial charge in [0.15, 0.2) is 0 Å². The minimum atomic E-state index is -0.503. The Morgan fingerprint density at radius 3 is 2.80 bits per heavy atom. The summed E-state index contributed by atoms with van der Waals surface area (Å²) in [7, 11) is 0. The van der Waals surface area contributed by atoms with Crippen molar-refractivity contribution in [1.82, 2.24) is 30.9 Å². The lowest BCUT2D eigenvalue weighted by Crippen LogP contribution is -2.40. The van der Waals surface area contributed by atoms with Gasteiger partial charge < -0.3 is 10.6 Å². The first-order chi connectivity index (χ1) is 9.51. The number of carbonyl (C=O) groups is 2. The van der Waals surface area contributed by atoms with E-state index in [1.165, 1.54) is 4.68 Å². The maximum absolute atomic E-state index is 11.5. The fourth-order valence-corrected chi connectivity index (χ4v) is 1.50. The monoisotopic (exact) mass is 282 g/mol. The van der Waals surface area contributed by atoms with Gasteiger partial charge in [0.2, 0.25) is 5.91 Å². The van der Waals surface area contributed by atoms with Crippen molar-refractivity contribution in [3.63, 3.8) is 0 Å². The Hall–Kier alpha value is -1.96. The molecule has 112 valence electrons. The van der Waals surface area contributed by atoms with Gasteiger partial charge in [-0.1, -0.05) is 19.1 Å². The van der Waals surface area contributed by atoms with Crippen LogP contribution in [0.1, 0.15) is 26.5 Å². The van der Waals surface area contributed by atoms with Crippen LogP contribution in [0.2, 0.25) is 0 Å². The number of hydrogen-bond donors (Lipinski definition) is 3. The van der Waals surface area contributed by atoms with Gasteiger partial charge in [-0.15, -0.1) is 5.10 Å². The predicted octanol–water partition coefficient (Wildman–Crippen LogP) is -0.131. The van der Waals surface area contributed by atoms with E-state index >= 15 is 0 Å². The summed E-state index contributed by atoms with van der Waals surface area (Å²) in [5, 5.41) is 15.7. The molecule has 0 saturated heterocycles. The molecular formula is C12H22N6O2. The van der Waals surface area contributed by atoms with E-state index in [0.717, 1.165) is 12.2 Å². The zero-order chi connectivity index (χ0) is 15.0. The molecule has 8 nitrogen and oxygen atoms in total. The Kier molecular flexibility index (Phi) is 6.65. The van der Waals surface area contributed by atoms with Crippen LogP contribution >= 0.6 is 0 Å². The zero-order valence-electron chi connectivity index (χ0n) is 12.1. The Morgan fingerprint density at radius 1 is 1.40 bits per heavy atom. The summed E-state index contributed by atoms with van der Waals surface area (Å²) >= 11 is 0. The Bertz CT molecular complexity index is 443. The van der Waals surface area contributed by atoms with Gasteiger partial charge in [-0.05, 0) is 19.4 Å². The summed E-state index contributed by atoms with van der Waals surface area (Å²) in [6.45, 7) is 7.95. The summed E-state index contributed by atoms with van der Waals surface area (Å²) in [5.41, 5.74) is 0.761. The third kappa shape index (κ3) is 6.28. The Balaban J connectivity index is 2.35. The molecule has 0 aliphatic carbocycles. The maximum atomic E-state index is 11.5. The van der Waals surface area contributed by atoms with Gasteiger partial charge in [-0.2, -0.15) is 0 Å². The highest BCUT2D eigenvalue weighted by Gasteiger charge is 2.09. The molecular weight excluding hydrogens is 260 g/mol. The minimum Gasteiger partial charge on any atom is -0.338 e. The molecule has 0 aliphatic rings. The van der Waals surface area contributed by atoms with Crippen LogP contribution in [0, 0.1) is 5.92 Å². The molecule has 1 aromatic heterocycles. The number of hydrogen-bond acceptors (Lipinski definition) is 5. The molecule has 20 heavy (non-hydrogen) atoms. The fraction of sp³-hybridized carbons (Fsp3) is 0.667. The third-order valence-corrected chi connectivity index (χ3v) is 2.34. The van der Waals surface area contributed by atoms with E-state index in [0.29, 0.717) is 19.0 Å². The van der Waals surface area contributed by atoms with E-state index in [1.807, 2.05) is 0 Å². The molecule has 0 radical (unpaired) electrons. The van der Waals surface area contributed by atoms with Crippen molar-refractivity contribution in [2.75, 3.05) is 13.1 Å². The largest absolute Gasteiger partial charge is 0.338 e. The molecule has 3 N–H and O–H groups in total. The Labute approximate surface area is 118 Å². The van der Waals surface area contributed by atoms with Crippen molar-refractivity contribution in [2.24, 2.45) is 5.92 Å². The molecule has 3 amide bonds. The lowest BCUT2D eigenvalue weighted by Gasteiger charge is -2.04. The second-order valence-corrected chi connectivity index (χ2v) is 4.84. The van der Waals surface area contributed by atoms with Crippen LogP contribution < -0.4 is 16.0 Å². The van der Waals surface area contributed by atoms with E-state index in [9.17, 15) is 9.59 Å². The lowest BCUT2D eigenvalue weighted by atomic mass is 10.2. The molecule has 1 rings (SSSR count). The number of imide groups is 1. The summed E-state index contributed by atoms with van der Waals surface area (Å²) in [6, 6.07) is -0.503. The molecule has 0 fully saturated rings. The molecule has 0 aromatic carbocycles. The van der Waals surface area contributed by atoms with E-state index in [4.69, 9.17) is 0 Å². The number of carbonyl (C=O) groups excluding carboxylic acids is 2. The lowest BCUT2D eigenvalue weighted by molar-refractivity contribution is -0.120. The summed E-state index contributed by atoms with van der Waals surface area (Å²) < 4.78 is 1.40. The molecule has 8 heteroatoms. The van der Waals surface area contributed by atoms with Crippen molar-refractivity contribution in [3.05, 3.63) is 11.9 Å². The molecule has 0 bridgehead atoms. The number of nitrogens with zero attached hydrogens (tertiary/aromatic N) is 3. The van der Waals surface area contributed by atoms with E-state index in [2.05, 4.69) is 40.1 Å². The highest BCUT2D eigenvalue weighted by atomic mass is 16.2. The number of amides is 3. The molecule has 0 aliphatic heterocycles. The van der Waals surface area contributed by atoms with Gasteiger partial charge in [-0.3, -0.25) is 10.1 Å². The highest BCUT2D eigenvalue weighted by molar-refractivity contribution is 5.94.